The van der Waals surface area contributed by atoms with E-state index in [1.54, 1.807) is 0 Å². The normalized spacial score (nSPS) is 12.0. The van der Waals surface area contributed by atoms with E-state index in [0.29, 0.717) is 0 Å². The molecule has 0 saturated carbocycles. The van der Waals surface area contributed by atoms with Gasteiger partial charge < -0.3 is 9.47 Å². The van der Waals surface area contributed by atoms with E-state index in [-0.39, 0.29) is 11.3 Å². The van der Waals surface area contributed by atoms with Crippen LogP contribution in [-0.2, 0) is 4.74 Å². The van der Waals surface area contributed by atoms with Crippen molar-refractivity contribution in [2.24, 2.45) is 0 Å². The van der Waals surface area contributed by atoms with Gasteiger partial charge in [0.05, 0.1) is 7.11 Å². The number of halogens is 2. The van der Waals surface area contributed by atoms with Gasteiger partial charge in [-0.1, -0.05) is 0 Å². The minimum absolute atomic E-state index is 0.0433. The van der Waals surface area contributed by atoms with Crippen LogP contribution in [0.15, 0.2) is 18.2 Å². The first-order chi connectivity index (χ1) is 7.04. The van der Waals surface area contributed by atoms with Crippen LogP contribution in [0.5, 0.6) is 5.75 Å². The summed E-state index contributed by atoms with van der Waals surface area (Å²) in [5.74, 6) is -1.43. The lowest BCUT2D eigenvalue weighted by Gasteiger charge is -2.10. The maximum atomic E-state index is 12.8. The Balaban J connectivity index is 3.08. The second-order valence-electron chi connectivity index (χ2n) is 2.79. The molecule has 1 unspecified atom stereocenters. The summed E-state index contributed by atoms with van der Waals surface area (Å²) in [6.07, 6.45) is -1.58. The van der Waals surface area contributed by atoms with Crippen molar-refractivity contribution in [3.8, 4) is 5.75 Å². The van der Waals surface area contributed by atoms with Gasteiger partial charge in [0.25, 0.3) is 0 Å². The van der Waals surface area contributed by atoms with Crippen molar-refractivity contribution in [3.63, 3.8) is 0 Å². The predicted octanol–water partition coefficient (Wildman–Crippen LogP) is 2.31. The summed E-state index contributed by atoms with van der Waals surface area (Å²) in [7, 11) is 1.15. The van der Waals surface area contributed by atoms with E-state index in [0.717, 1.165) is 26.2 Å². The zero-order valence-electron chi connectivity index (χ0n) is 8.29. The molecular weight excluding hydrogens is 206 g/mol. The highest BCUT2D eigenvalue weighted by molar-refractivity contribution is 5.92. The molecular formula is C10H10F2O3. The van der Waals surface area contributed by atoms with E-state index in [1.807, 2.05) is 0 Å². The number of hydrogen-bond acceptors (Lipinski definition) is 3. The van der Waals surface area contributed by atoms with Crippen LogP contribution in [0.3, 0.4) is 0 Å². The van der Waals surface area contributed by atoms with Gasteiger partial charge in [-0.3, -0.25) is 0 Å². The van der Waals surface area contributed by atoms with Gasteiger partial charge in [0.2, 0.25) is 6.36 Å². The van der Waals surface area contributed by atoms with E-state index in [9.17, 15) is 13.6 Å². The molecule has 3 nitrogen and oxygen atoms in total. The Morgan fingerprint density at radius 3 is 2.67 bits per heavy atom. The molecule has 15 heavy (non-hydrogen) atoms. The number of methoxy groups -OCH3 is 1. The van der Waals surface area contributed by atoms with Crippen molar-refractivity contribution in [1.29, 1.82) is 0 Å². The zero-order valence-corrected chi connectivity index (χ0v) is 8.29. The maximum absolute atomic E-state index is 12.8. The van der Waals surface area contributed by atoms with E-state index in [4.69, 9.17) is 0 Å². The first kappa shape index (κ1) is 11.4. The third-order valence-corrected chi connectivity index (χ3v) is 1.64. The molecule has 0 amide bonds. The average molecular weight is 216 g/mol. The van der Waals surface area contributed by atoms with Crippen LogP contribution < -0.4 is 4.74 Å². The van der Waals surface area contributed by atoms with Crippen molar-refractivity contribution >= 4 is 5.97 Å². The molecule has 0 heterocycles. The first-order valence-electron chi connectivity index (χ1n) is 4.23. The summed E-state index contributed by atoms with van der Waals surface area (Å²) in [5.41, 5.74) is -0.137. The van der Waals surface area contributed by atoms with Crippen LogP contribution in [0.4, 0.5) is 8.78 Å². The van der Waals surface area contributed by atoms with Crippen molar-refractivity contribution in [1.82, 2.24) is 0 Å². The van der Waals surface area contributed by atoms with Gasteiger partial charge in [0, 0.05) is 6.92 Å². The molecule has 0 aliphatic heterocycles. The molecule has 1 aromatic rings. The first-order valence-corrected chi connectivity index (χ1v) is 4.23. The number of benzene rings is 1. The molecule has 0 N–H and O–H groups in total. The number of carbonyl (C=O) groups is 1. The molecule has 5 heteroatoms. The second kappa shape index (κ2) is 4.72. The Kier molecular flexibility index (Phi) is 3.60. The molecule has 0 radical (unpaired) electrons. The van der Waals surface area contributed by atoms with Crippen molar-refractivity contribution in [2.45, 2.75) is 13.3 Å². The van der Waals surface area contributed by atoms with E-state index < -0.39 is 18.1 Å². The molecule has 0 spiro atoms. The Bertz CT molecular complexity index is 364. The van der Waals surface area contributed by atoms with E-state index in [1.165, 1.54) is 6.07 Å². The lowest BCUT2D eigenvalue weighted by molar-refractivity contribution is 0.0570. The van der Waals surface area contributed by atoms with Gasteiger partial charge in [0.15, 0.2) is 0 Å². The number of ether oxygens (including phenoxy) is 2. The second-order valence-corrected chi connectivity index (χ2v) is 2.79. The minimum Gasteiger partial charge on any atom is -0.465 e. The van der Waals surface area contributed by atoms with Gasteiger partial charge in [-0.15, -0.1) is 0 Å². The van der Waals surface area contributed by atoms with Gasteiger partial charge in [-0.2, -0.15) is 0 Å². The molecule has 0 aliphatic rings. The molecule has 0 aliphatic carbocycles. The highest BCUT2D eigenvalue weighted by atomic mass is 19.1. The molecule has 0 fully saturated rings. The highest BCUT2D eigenvalue weighted by Crippen LogP contribution is 2.21. The predicted molar refractivity (Wildman–Crippen MR) is 48.9 cm³/mol. The van der Waals surface area contributed by atoms with Crippen molar-refractivity contribution in [3.05, 3.63) is 29.6 Å². The smallest absolute Gasteiger partial charge is 0.341 e. The summed E-state index contributed by atoms with van der Waals surface area (Å²) in [6, 6.07) is 3.19. The van der Waals surface area contributed by atoms with Crippen molar-refractivity contribution in [2.75, 3.05) is 7.11 Å². The molecule has 1 atom stereocenters. The molecule has 82 valence electrons. The Hall–Kier alpha value is -1.65. The Morgan fingerprint density at radius 2 is 2.13 bits per heavy atom. The van der Waals surface area contributed by atoms with E-state index >= 15 is 0 Å². The lowest BCUT2D eigenvalue weighted by Crippen LogP contribution is -2.10. The van der Waals surface area contributed by atoms with Crippen LogP contribution in [0.2, 0.25) is 0 Å². The zero-order chi connectivity index (χ0) is 11.4. The van der Waals surface area contributed by atoms with Crippen LogP contribution in [0.1, 0.15) is 17.3 Å². The van der Waals surface area contributed by atoms with Crippen LogP contribution in [0.25, 0.3) is 0 Å². The Labute approximate surface area is 85.6 Å². The van der Waals surface area contributed by atoms with Gasteiger partial charge >= 0.3 is 5.97 Å². The lowest BCUT2D eigenvalue weighted by atomic mass is 10.2. The summed E-state index contributed by atoms with van der Waals surface area (Å²) in [5, 5.41) is 0. The SMILES string of the molecule is COC(=O)c1cc(F)ccc1OC(C)F. The number of hydrogen-bond donors (Lipinski definition) is 0. The quantitative estimate of drug-likeness (QED) is 0.727. The largest absolute Gasteiger partial charge is 0.465 e. The molecule has 1 rings (SSSR count). The van der Waals surface area contributed by atoms with Crippen LogP contribution >= 0.6 is 0 Å². The maximum Gasteiger partial charge on any atom is 0.341 e. The monoisotopic (exact) mass is 216 g/mol. The van der Waals surface area contributed by atoms with Gasteiger partial charge in [-0.05, 0) is 18.2 Å². The fourth-order valence-electron chi connectivity index (χ4n) is 1.05. The molecule has 1 aromatic carbocycles. The fourth-order valence-corrected chi connectivity index (χ4v) is 1.05. The number of esters is 1. The molecule has 0 aromatic heterocycles. The number of alkyl halides is 1. The fraction of sp³-hybridized carbons (Fsp3) is 0.300. The molecule has 0 bridgehead atoms. The van der Waals surface area contributed by atoms with Gasteiger partial charge in [0.1, 0.15) is 17.1 Å². The summed E-state index contributed by atoms with van der Waals surface area (Å²) < 4.78 is 34.5. The van der Waals surface area contributed by atoms with Crippen LogP contribution in [0, 0.1) is 5.82 Å². The number of rotatable bonds is 3. The van der Waals surface area contributed by atoms with Crippen molar-refractivity contribution < 1.29 is 23.0 Å². The summed E-state index contributed by atoms with van der Waals surface area (Å²) in [6.45, 7) is 1.16. The van der Waals surface area contributed by atoms with Gasteiger partial charge in [-0.25, -0.2) is 13.6 Å². The summed E-state index contributed by atoms with van der Waals surface area (Å²) in [4.78, 5) is 11.2. The third kappa shape index (κ3) is 2.90. The molecule has 0 saturated heterocycles. The Morgan fingerprint density at radius 1 is 1.47 bits per heavy atom. The number of carbonyl (C=O) groups excluding carboxylic acids is 1. The van der Waals surface area contributed by atoms with E-state index in [2.05, 4.69) is 9.47 Å². The standard InChI is InChI=1S/C10H10F2O3/c1-6(11)15-9-4-3-7(12)5-8(9)10(13)14-2/h3-6H,1-2H3. The third-order valence-electron chi connectivity index (χ3n) is 1.64. The van der Waals surface area contributed by atoms with Crippen LogP contribution in [-0.4, -0.2) is 19.4 Å². The minimum atomic E-state index is -1.58. The highest BCUT2D eigenvalue weighted by Gasteiger charge is 2.15. The average Bonchev–Trinajstić information content (AvgIpc) is 2.19. The summed E-state index contributed by atoms with van der Waals surface area (Å²) >= 11 is 0. The topological polar surface area (TPSA) is 35.5 Å².